The van der Waals surface area contributed by atoms with Gasteiger partial charge in [0.2, 0.25) is 0 Å². The molecule has 0 aromatic carbocycles. The fourth-order valence-corrected chi connectivity index (χ4v) is 11.5. The largest absolute Gasteiger partial charge is 0.472 e. The summed E-state index contributed by atoms with van der Waals surface area (Å²) in [5.41, 5.74) is 5.41. The first-order valence-electron chi connectivity index (χ1n) is 38.0. The minimum atomic E-state index is -4.40. The normalized spacial score (nSPS) is 13.6. The van der Waals surface area contributed by atoms with E-state index in [1.807, 2.05) is 0 Å². The van der Waals surface area contributed by atoms with Crippen LogP contribution in [0.4, 0.5) is 0 Å². The molecule has 0 spiro atoms. The van der Waals surface area contributed by atoms with Crippen molar-refractivity contribution in [3.63, 3.8) is 0 Å². The first-order chi connectivity index (χ1) is 44.8. The Labute approximate surface area is 561 Å². The molecular formula is C81H142NO8P. The van der Waals surface area contributed by atoms with E-state index in [4.69, 9.17) is 24.3 Å². The van der Waals surface area contributed by atoms with Crippen molar-refractivity contribution in [2.75, 3.05) is 26.4 Å². The van der Waals surface area contributed by atoms with Crippen molar-refractivity contribution < 1.29 is 37.6 Å². The second-order valence-corrected chi connectivity index (χ2v) is 26.6. The van der Waals surface area contributed by atoms with Crippen LogP contribution in [0.25, 0.3) is 0 Å². The number of esters is 2. The number of hydrogen-bond acceptors (Lipinski definition) is 8. The molecule has 91 heavy (non-hydrogen) atoms. The Bertz CT molecular complexity index is 1910. The standard InChI is InChI=1S/C81H142NO8P/c1-3-5-7-9-11-13-15-17-19-21-23-25-27-29-31-33-35-37-38-39-40-42-43-45-47-49-51-53-55-57-59-61-63-65-67-69-71-73-80(83)87-77-79(78-89-91(85,86)88-76-75-82)90-81(84)74-72-70-68-66-64-62-60-58-56-54-52-50-48-46-44-41-36-34-32-30-28-26-24-22-20-18-16-14-12-10-8-6-4-2/h6,8,12,14-15,17-18,20-21,23-24,26-27,29-30,32,36,41,46,48,79H,3-5,7,9-11,13,16,19,22,25,28,31,33-35,37-40,42-45,47,49-78,82H2,1-2H3,(H,85,86)/b8-6-,14-12-,17-15-,20-18-,23-21-,26-24-,29-27-,32-30-,41-36-,48-46-. The summed E-state index contributed by atoms with van der Waals surface area (Å²) in [6, 6.07) is 0. The van der Waals surface area contributed by atoms with E-state index < -0.39 is 26.5 Å². The number of rotatable bonds is 71. The van der Waals surface area contributed by atoms with Crippen LogP contribution < -0.4 is 5.73 Å². The predicted octanol–water partition coefficient (Wildman–Crippen LogP) is 25.4. The van der Waals surface area contributed by atoms with Gasteiger partial charge in [0.25, 0.3) is 0 Å². The zero-order chi connectivity index (χ0) is 65.8. The molecule has 2 unspecified atom stereocenters. The Morgan fingerprint density at radius 3 is 0.901 bits per heavy atom. The third-order valence-electron chi connectivity index (χ3n) is 16.3. The third kappa shape index (κ3) is 75.3. The molecule has 0 amide bonds. The van der Waals surface area contributed by atoms with Gasteiger partial charge in [0.05, 0.1) is 13.2 Å². The molecule has 0 heterocycles. The van der Waals surface area contributed by atoms with Gasteiger partial charge in [-0.3, -0.25) is 18.6 Å². The van der Waals surface area contributed by atoms with Crippen molar-refractivity contribution >= 4 is 19.8 Å². The summed E-state index contributed by atoms with van der Waals surface area (Å²) in [6.45, 7) is 3.65. The van der Waals surface area contributed by atoms with Gasteiger partial charge in [-0.05, 0) is 109 Å². The van der Waals surface area contributed by atoms with Crippen LogP contribution in [0, 0.1) is 0 Å². The number of phosphoric ester groups is 1. The molecular weight excluding hydrogens is 1150 g/mol. The average Bonchev–Trinajstić information content (AvgIpc) is 3.74. The van der Waals surface area contributed by atoms with Crippen molar-refractivity contribution in [3.8, 4) is 0 Å². The predicted molar refractivity (Wildman–Crippen MR) is 394 cm³/mol. The van der Waals surface area contributed by atoms with Gasteiger partial charge < -0.3 is 20.1 Å². The highest BCUT2D eigenvalue weighted by Gasteiger charge is 2.26. The van der Waals surface area contributed by atoms with Gasteiger partial charge in [-0.2, -0.15) is 0 Å². The maximum atomic E-state index is 12.8. The quantitative estimate of drug-likeness (QED) is 0.0264. The molecule has 0 saturated carbocycles. The summed E-state index contributed by atoms with van der Waals surface area (Å²) >= 11 is 0. The van der Waals surface area contributed by atoms with Crippen LogP contribution in [0.2, 0.25) is 0 Å². The van der Waals surface area contributed by atoms with Gasteiger partial charge in [-0.25, -0.2) is 4.57 Å². The van der Waals surface area contributed by atoms with Crippen molar-refractivity contribution in [2.45, 2.75) is 354 Å². The Morgan fingerprint density at radius 1 is 0.341 bits per heavy atom. The van der Waals surface area contributed by atoms with E-state index in [1.165, 1.54) is 212 Å². The van der Waals surface area contributed by atoms with Crippen molar-refractivity contribution in [3.05, 3.63) is 122 Å². The summed E-state index contributed by atoms with van der Waals surface area (Å²) in [4.78, 5) is 35.4. The summed E-state index contributed by atoms with van der Waals surface area (Å²) in [7, 11) is -4.40. The van der Waals surface area contributed by atoms with Gasteiger partial charge >= 0.3 is 19.8 Å². The molecule has 0 aromatic rings. The minimum Gasteiger partial charge on any atom is -0.462 e. The number of ether oxygens (including phenoxy) is 2. The first kappa shape index (κ1) is 87.4. The summed E-state index contributed by atoms with van der Waals surface area (Å²) < 4.78 is 33.2. The monoisotopic (exact) mass is 1290 g/mol. The molecule has 0 aliphatic heterocycles. The zero-order valence-electron chi connectivity index (χ0n) is 59.1. The molecule has 9 nitrogen and oxygen atoms in total. The number of hydrogen-bond donors (Lipinski definition) is 2. The van der Waals surface area contributed by atoms with Crippen LogP contribution in [0.3, 0.4) is 0 Å². The highest BCUT2D eigenvalue weighted by molar-refractivity contribution is 7.47. The van der Waals surface area contributed by atoms with Crippen LogP contribution in [0.5, 0.6) is 0 Å². The highest BCUT2D eigenvalue weighted by atomic mass is 31.2. The van der Waals surface area contributed by atoms with Crippen molar-refractivity contribution in [1.82, 2.24) is 0 Å². The lowest BCUT2D eigenvalue weighted by Gasteiger charge is -2.19. The molecule has 0 fully saturated rings. The summed E-state index contributed by atoms with van der Waals surface area (Å²) in [6.07, 6.45) is 106. The van der Waals surface area contributed by atoms with Gasteiger partial charge in [0.1, 0.15) is 6.61 Å². The molecule has 0 radical (unpaired) electrons. The fourth-order valence-electron chi connectivity index (χ4n) is 10.7. The number of nitrogens with two attached hydrogens (primary N) is 1. The number of carbonyl (C=O) groups excluding carboxylic acids is 2. The van der Waals surface area contributed by atoms with Crippen LogP contribution in [0.15, 0.2) is 122 Å². The fraction of sp³-hybridized carbons (Fsp3) is 0.728. The molecule has 3 N–H and O–H groups in total. The van der Waals surface area contributed by atoms with E-state index in [9.17, 15) is 19.0 Å². The van der Waals surface area contributed by atoms with E-state index in [2.05, 4.69) is 135 Å². The summed E-state index contributed by atoms with van der Waals surface area (Å²) in [5, 5.41) is 0. The van der Waals surface area contributed by atoms with E-state index in [0.717, 1.165) is 103 Å². The van der Waals surface area contributed by atoms with Crippen LogP contribution in [-0.4, -0.2) is 49.3 Å². The molecule has 0 rings (SSSR count). The molecule has 2 atom stereocenters. The van der Waals surface area contributed by atoms with E-state index in [-0.39, 0.29) is 38.6 Å². The van der Waals surface area contributed by atoms with E-state index >= 15 is 0 Å². The molecule has 524 valence electrons. The molecule has 0 saturated heterocycles. The summed E-state index contributed by atoms with van der Waals surface area (Å²) in [5.74, 6) is -0.823. The SMILES string of the molecule is CC/C=C\C/C=C\C/C=C\C/C=C\C/C=C\C/C=C\C/C=C\CCCCCCCCCCCCCC(=O)OC(COC(=O)CCCCCCCCCCCCCCCCCCCCCCCC/C=C\C/C=C\C/C=C\CCCCCCC)COP(=O)(O)OCCN. The average molecular weight is 1290 g/mol. The Hall–Kier alpha value is -3.59. The maximum Gasteiger partial charge on any atom is 0.472 e. The Kier molecular flexibility index (Phi) is 72.5. The van der Waals surface area contributed by atoms with Crippen molar-refractivity contribution in [1.29, 1.82) is 0 Å². The second kappa shape index (κ2) is 75.4. The minimum absolute atomic E-state index is 0.0496. The van der Waals surface area contributed by atoms with Gasteiger partial charge in [-0.15, -0.1) is 0 Å². The number of allylic oxidation sites excluding steroid dienone is 20. The third-order valence-corrected chi connectivity index (χ3v) is 17.3. The van der Waals surface area contributed by atoms with Gasteiger partial charge in [0.15, 0.2) is 6.10 Å². The lowest BCUT2D eigenvalue weighted by molar-refractivity contribution is -0.161. The van der Waals surface area contributed by atoms with Crippen LogP contribution >= 0.6 is 7.82 Å². The molecule has 0 aromatic heterocycles. The first-order valence-corrected chi connectivity index (χ1v) is 39.5. The number of unbranched alkanes of at least 4 members (excludes halogenated alkanes) is 38. The van der Waals surface area contributed by atoms with Gasteiger partial charge in [-0.1, -0.05) is 347 Å². The molecule has 0 aliphatic rings. The maximum absolute atomic E-state index is 12.8. The van der Waals surface area contributed by atoms with Gasteiger partial charge in [0, 0.05) is 19.4 Å². The smallest absolute Gasteiger partial charge is 0.462 e. The number of carbonyl (C=O) groups is 2. The topological polar surface area (TPSA) is 134 Å². The van der Waals surface area contributed by atoms with Crippen LogP contribution in [0.1, 0.15) is 348 Å². The number of phosphoric acid groups is 1. The van der Waals surface area contributed by atoms with Crippen molar-refractivity contribution in [2.24, 2.45) is 5.73 Å². The molecule has 0 aliphatic carbocycles. The molecule has 0 bridgehead atoms. The van der Waals surface area contributed by atoms with Crippen LogP contribution in [-0.2, 0) is 32.7 Å². The lowest BCUT2D eigenvalue weighted by atomic mass is 10.0. The lowest BCUT2D eigenvalue weighted by Crippen LogP contribution is -2.29. The Morgan fingerprint density at radius 2 is 0.604 bits per heavy atom. The zero-order valence-corrected chi connectivity index (χ0v) is 59.9. The molecule has 10 heteroatoms. The van der Waals surface area contributed by atoms with E-state index in [0.29, 0.717) is 6.42 Å². The van der Waals surface area contributed by atoms with E-state index in [1.54, 1.807) is 0 Å². The Balaban J connectivity index is 3.85. The second-order valence-electron chi connectivity index (χ2n) is 25.1. The highest BCUT2D eigenvalue weighted by Crippen LogP contribution is 2.43.